The van der Waals surface area contributed by atoms with Gasteiger partial charge in [0.15, 0.2) is 0 Å². The van der Waals surface area contributed by atoms with Crippen LogP contribution in [0.4, 0.5) is 10.5 Å². The van der Waals surface area contributed by atoms with Gasteiger partial charge in [-0.2, -0.15) is 0 Å². The van der Waals surface area contributed by atoms with E-state index in [9.17, 15) is 9.59 Å². The zero-order valence-electron chi connectivity index (χ0n) is 11.9. The SMILES string of the molecule is C#CCN(CC1CC1)C(=O)Nc1ccc(C)c(C(=O)O)c1. The molecule has 2 rings (SSSR count). The number of carbonyl (C=O) groups excluding carboxylic acids is 1. The number of benzene rings is 1. The second kappa shape index (κ2) is 6.31. The number of nitrogens with one attached hydrogen (secondary N) is 1. The average molecular weight is 286 g/mol. The van der Waals surface area contributed by atoms with Crippen LogP contribution in [-0.2, 0) is 0 Å². The van der Waals surface area contributed by atoms with Gasteiger partial charge in [-0.25, -0.2) is 9.59 Å². The van der Waals surface area contributed by atoms with Gasteiger partial charge in [0.25, 0.3) is 0 Å². The number of urea groups is 1. The maximum Gasteiger partial charge on any atom is 0.336 e. The number of hydrogen-bond donors (Lipinski definition) is 2. The summed E-state index contributed by atoms with van der Waals surface area (Å²) in [6.07, 6.45) is 7.55. The molecule has 1 fully saturated rings. The third-order valence-electron chi connectivity index (χ3n) is 3.46. The first-order valence-corrected chi connectivity index (χ1v) is 6.84. The number of hydrogen-bond acceptors (Lipinski definition) is 2. The molecule has 0 bridgehead atoms. The number of terminal acetylenes is 1. The van der Waals surface area contributed by atoms with Crippen LogP contribution >= 0.6 is 0 Å². The number of rotatable bonds is 5. The molecule has 2 N–H and O–H groups in total. The summed E-state index contributed by atoms with van der Waals surface area (Å²) in [5.41, 5.74) is 1.29. The molecule has 21 heavy (non-hydrogen) atoms. The lowest BCUT2D eigenvalue weighted by Gasteiger charge is -2.20. The summed E-state index contributed by atoms with van der Waals surface area (Å²) in [6, 6.07) is 4.52. The Bertz CT molecular complexity index is 600. The maximum absolute atomic E-state index is 12.2. The molecule has 0 saturated heterocycles. The second-order valence-corrected chi connectivity index (χ2v) is 5.29. The van der Waals surface area contributed by atoms with Crippen LogP contribution < -0.4 is 5.32 Å². The Balaban J connectivity index is 2.08. The van der Waals surface area contributed by atoms with Crippen molar-refractivity contribution in [3.63, 3.8) is 0 Å². The molecule has 110 valence electrons. The molecule has 0 unspecified atom stereocenters. The van der Waals surface area contributed by atoms with Crippen molar-refractivity contribution in [3.8, 4) is 12.3 Å². The largest absolute Gasteiger partial charge is 0.478 e. The summed E-state index contributed by atoms with van der Waals surface area (Å²) in [4.78, 5) is 24.9. The molecule has 0 aromatic heterocycles. The van der Waals surface area contributed by atoms with E-state index in [-0.39, 0.29) is 18.1 Å². The number of nitrogens with zero attached hydrogens (tertiary/aromatic N) is 1. The highest BCUT2D eigenvalue weighted by atomic mass is 16.4. The van der Waals surface area contributed by atoms with Gasteiger partial charge in [-0.05, 0) is 43.4 Å². The molecule has 0 atom stereocenters. The van der Waals surface area contributed by atoms with E-state index in [0.29, 0.717) is 23.7 Å². The van der Waals surface area contributed by atoms with Gasteiger partial charge < -0.3 is 15.3 Å². The molecule has 0 heterocycles. The first kappa shape index (κ1) is 14.9. The molecule has 0 spiro atoms. The van der Waals surface area contributed by atoms with E-state index < -0.39 is 5.97 Å². The molecular weight excluding hydrogens is 268 g/mol. The number of anilines is 1. The topological polar surface area (TPSA) is 69.6 Å². The zero-order valence-corrected chi connectivity index (χ0v) is 11.9. The van der Waals surface area contributed by atoms with E-state index >= 15 is 0 Å². The molecule has 1 aliphatic carbocycles. The van der Waals surface area contributed by atoms with Gasteiger partial charge in [-0.3, -0.25) is 0 Å². The quantitative estimate of drug-likeness (QED) is 0.817. The summed E-state index contributed by atoms with van der Waals surface area (Å²) in [7, 11) is 0. The van der Waals surface area contributed by atoms with Crippen LogP contribution in [-0.4, -0.2) is 35.1 Å². The highest BCUT2D eigenvalue weighted by Gasteiger charge is 2.26. The fourth-order valence-electron chi connectivity index (χ4n) is 2.07. The third kappa shape index (κ3) is 3.99. The van der Waals surface area contributed by atoms with Crippen LogP contribution in [0.3, 0.4) is 0 Å². The third-order valence-corrected chi connectivity index (χ3v) is 3.46. The van der Waals surface area contributed by atoms with Gasteiger partial charge in [-0.15, -0.1) is 6.42 Å². The van der Waals surface area contributed by atoms with Crippen LogP contribution in [0.25, 0.3) is 0 Å². The Labute approximate surface area is 124 Å². The predicted octanol–water partition coefficient (Wildman–Crippen LogP) is 2.57. The highest BCUT2D eigenvalue weighted by molar-refractivity contribution is 5.94. The van der Waals surface area contributed by atoms with E-state index in [1.165, 1.54) is 6.07 Å². The Morgan fingerprint density at radius 2 is 2.19 bits per heavy atom. The molecule has 2 amide bonds. The Kier molecular flexibility index (Phi) is 4.49. The van der Waals surface area contributed by atoms with E-state index in [0.717, 1.165) is 12.8 Å². The minimum atomic E-state index is -1.01. The summed E-state index contributed by atoms with van der Waals surface area (Å²) in [6.45, 7) is 2.61. The van der Waals surface area contributed by atoms with Crippen molar-refractivity contribution < 1.29 is 14.7 Å². The molecular formula is C16H18N2O3. The van der Waals surface area contributed by atoms with E-state index in [1.54, 1.807) is 24.0 Å². The number of carboxylic acids is 1. The van der Waals surface area contributed by atoms with Gasteiger partial charge >= 0.3 is 12.0 Å². The standard InChI is InChI=1S/C16H18N2O3/c1-3-8-18(10-12-5-6-12)16(21)17-13-7-4-11(2)14(9-13)15(19)20/h1,4,7,9,12H,5-6,8,10H2,2H3,(H,17,21)(H,19,20). The van der Waals surface area contributed by atoms with Crippen LogP contribution in [0.5, 0.6) is 0 Å². The second-order valence-electron chi connectivity index (χ2n) is 5.29. The van der Waals surface area contributed by atoms with Gasteiger partial charge in [0.2, 0.25) is 0 Å². The lowest BCUT2D eigenvalue weighted by molar-refractivity contribution is 0.0696. The Hall–Kier alpha value is -2.48. The number of carbonyl (C=O) groups is 2. The van der Waals surface area contributed by atoms with Crippen molar-refractivity contribution in [2.75, 3.05) is 18.4 Å². The van der Waals surface area contributed by atoms with Crippen molar-refractivity contribution in [1.29, 1.82) is 0 Å². The van der Waals surface area contributed by atoms with Crippen LogP contribution in [0, 0.1) is 25.2 Å². The van der Waals surface area contributed by atoms with Crippen molar-refractivity contribution in [3.05, 3.63) is 29.3 Å². The zero-order chi connectivity index (χ0) is 15.4. The van der Waals surface area contributed by atoms with Gasteiger partial charge in [0.1, 0.15) is 0 Å². The Morgan fingerprint density at radius 3 is 2.76 bits per heavy atom. The number of carboxylic acid groups (broad SMARTS) is 1. The van der Waals surface area contributed by atoms with Crippen molar-refractivity contribution in [1.82, 2.24) is 4.90 Å². The summed E-state index contributed by atoms with van der Waals surface area (Å²) in [5, 5.41) is 11.8. The smallest absolute Gasteiger partial charge is 0.336 e. The first-order chi connectivity index (χ1) is 10.0. The average Bonchev–Trinajstić information content (AvgIpc) is 3.24. The lowest BCUT2D eigenvalue weighted by Crippen LogP contribution is -2.36. The van der Waals surface area contributed by atoms with E-state index in [1.807, 2.05) is 0 Å². The molecule has 5 nitrogen and oxygen atoms in total. The Morgan fingerprint density at radius 1 is 1.48 bits per heavy atom. The predicted molar refractivity (Wildman–Crippen MR) is 80.3 cm³/mol. The molecule has 1 aromatic carbocycles. The van der Waals surface area contributed by atoms with Crippen LogP contribution in [0.15, 0.2) is 18.2 Å². The minimum Gasteiger partial charge on any atom is -0.478 e. The number of aryl methyl sites for hydroxylation is 1. The number of amides is 2. The monoisotopic (exact) mass is 286 g/mol. The maximum atomic E-state index is 12.2. The van der Waals surface area contributed by atoms with Gasteiger partial charge in [0, 0.05) is 12.2 Å². The fourth-order valence-corrected chi connectivity index (χ4v) is 2.07. The number of aromatic carboxylic acids is 1. The normalized spacial score (nSPS) is 13.3. The molecule has 1 aliphatic rings. The van der Waals surface area contributed by atoms with Crippen molar-refractivity contribution in [2.45, 2.75) is 19.8 Å². The molecule has 5 heteroatoms. The minimum absolute atomic E-state index is 0.179. The van der Waals surface area contributed by atoms with Crippen LogP contribution in [0.2, 0.25) is 0 Å². The molecule has 0 radical (unpaired) electrons. The lowest BCUT2D eigenvalue weighted by atomic mass is 10.1. The summed E-state index contributed by atoms with van der Waals surface area (Å²) < 4.78 is 0. The van der Waals surface area contributed by atoms with Gasteiger partial charge in [-0.1, -0.05) is 12.0 Å². The highest BCUT2D eigenvalue weighted by Crippen LogP contribution is 2.29. The first-order valence-electron chi connectivity index (χ1n) is 6.84. The molecule has 1 aromatic rings. The van der Waals surface area contributed by atoms with E-state index in [2.05, 4.69) is 11.2 Å². The van der Waals surface area contributed by atoms with Crippen molar-refractivity contribution in [2.24, 2.45) is 5.92 Å². The van der Waals surface area contributed by atoms with Gasteiger partial charge in [0.05, 0.1) is 12.1 Å². The summed E-state index contributed by atoms with van der Waals surface area (Å²) in [5.74, 6) is 2.00. The fraction of sp³-hybridized carbons (Fsp3) is 0.375. The molecule has 1 saturated carbocycles. The molecule has 0 aliphatic heterocycles. The van der Waals surface area contributed by atoms with Crippen LogP contribution in [0.1, 0.15) is 28.8 Å². The van der Waals surface area contributed by atoms with Crippen molar-refractivity contribution >= 4 is 17.7 Å². The summed E-state index contributed by atoms with van der Waals surface area (Å²) >= 11 is 0. The van der Waals surface area contributed by atoms with E-state index in [4.69, 9.17) is 11.5 Å².